The smallest absolute Gasteiger partial charge is 0.175 e. The zero-order valence-corrected chi connectivity index (χ0v) is 11.1. The molecule has 0 aromatic rings. The molecular formula is C12H23NO6. The van der Waals surface area contributed by atoms with Crippen molar-refractivity contribution in [1.29, 1.82) is 0 Å². The Morgan fingerprint density at radius 2 is 2.00 bits per heavy atom. The van der Waals surface area contributed by atoms with Crippen molar-refractivity contribution in [2.75, 3.05) is 13.2 Å². The first-order valence-electron chi connectivity index (χ1n) is 6.46. The third kappa shape index (κ3) is 4.79. The Kier molecular flexibility index (Phi) is 6.84. The van der Waals surface area contributed by atoms with Gasteiger partial charge in [0, 0.05) is 13.0 Å². The minimum atomic E-state index is -1.22. The van der Waals surface area contributed by atoms with Gasteiger partial charge in [0.1, 0.15) is 24.1 Å². The summed E-state index contributed by atoms with van der Waals surface area (Å²) in [4.78, 5) is 10.7. The molecule has 1 saturated heterocycles. The summed E-state index contributed by atoms with van der Waals surface area (Å²) >= 11 is 0. The van der Waals surface area contributed by atoms with Crippen molar-refractivity contribution < 1.29 is 29.6 Å². The average Bonchev–Trinajstić information content (AvgIpc) is 2.37. The Morgan fingerprint density at radius 3 is 2.58 bits per heavy atom. The van der Waals surface area contributed by atoms with Crippen LogP contribution in [0.25, 0.3) is 0 Å². The summed E-state index contributed by atoms with van der Waals surface area (Å²) in [5.41, 5.74) is 5.70. The van der Waals surface area contributed by atoms with Crippen molar-refractivity contribution in [2.45, 2.75) is 56.8 Å². The van der Waals surface area contributed by atoms with Gasteiger partial charge < -0.3 is 35.3 Å². The molecule has 1 aliphatic rings. The predicted octanol–water partition coefficient (Wildman–Crippen LogP) is -1.47. The number of nitrogens with two attached hydrogens (primary N) is 1. The fourth-order valence-corrected chi connectivity index (χ4v) is 1.93. The molecule has 0 aromatic carbocycles. The second-order valence-corrected chi connectivity index (χ2v) is 4.81. The van der Waals surface area contributed by atoms with Crippen LogP contribution in [0.15, 0.2) is 0 Å². The molecule has 0 aromatic heterocycles. The molecule has 112 valence electrons. The van der Waals surface area contributed by atoms with Gasteiger partial charge in [-0.05, 0) is 19.8 Å². The van der Waals surface area contributed by atoms with Gasteiger partial charge >= 0.3 is 0 Å². The summed E-state index contributed by atoms with van der Waals surface area (Å²) in [5, 5.41) is 28.3. The quantitative estimate of drug-likeness (QED) is 0.419. The minimum Gasteiger partial charge on any atom is -0.394 e. The van der Waals surface area contributed by atoms with E-state index in [0.717, 1.165) is 0 Å². The number of rotatable bonds is 7. The Morgan fingerprint density at radius 1 is 1.32 bits per heavy atom. The molecule has 1 heterocycles. The first kappa shape index (κ1) is 16.5. The molecule has 0 radical (unpaired) electrons. The maximum atomic E-state index is 10.7. The van der Waals surface area contributed by atoms with E-state index in [2.05, 4.69) is 0 Å². The van der Waals surface area contributed by atoms with Gasteiger partial charge in [0.25, 0.3) is 0 Å². The highest BCUT2D eigenvalue weighted by Gasteiger charge is 2.42. The summed E-state index contributed by atoms with van der Waals surface area (Å²) in [6.45, 7) is 1.45. The number of hydrogen-bond acceptors (Lipinski definition) is 7. The van der Waals surface area contributed by atoms with Crippen LogP contribution in [0.1, 0.15) is 26.2 Å². The highest BCUT2D eigenvalue weighted by molar-refractivity contribution is 5.75. The third-order valence-electron chi connectivity index (χ3n) is 3.13. The molecule has 7 heteroatoms. The van der Waals surface area contributed by atoms with Crippen LogP contribution in [-0.4, -0.2) is 65.0 Å². The van der Waals surface area contributed by atoms with Gasteiger partial charge in [-0.1, -0.05) is 0 Å². The van der Waals surface area contributed by atoms with Gasteiger partial charge in [-0.2, -0.15) is 0 Å². The van der Waals surface area contributed by atoms with Crippen molar-refractivity contribution in [3.8, 4) is 0 Å². The summed E-state index contributed by atoms with van der Waals surface area (Å²) in [5.74, 6) is 0.129. The zero-order chi connectivity index (χ0) is 14.4. The lowest BCUT2D eigenvalue weighted by Gasteiger charge is -2.40. The molecular weight excluding hydrogens is 254 g/mol. The minimum absolute atomic E-state index is 0.129. The second-order valence-electron chi connectivity index (χ2n) is 4.81. The van der Waals surface area contributed by atoms with Crippen LogP contribution in [0.4, 0.5) is 0 Å². The van der Waals surface area contributed by atoms with Crippen LogP contribution in [0, 0.1) is 0 Å². The van der Waals surface area contributed by atoms with Crippen molar-refractivity contribution in [3.63, 3.8) is 0 Å². The molecule has 1 fully saturated rings. The highest BCUT2D eigenvalue weighted by atomic mass is 16.7. The Bertz CT molecular complexity index is 285. The van der Waals surface area contributed by atoms with E-state index in [1.807, 2.05) is 0 Å². The van der Waals surface area contributed by atoms with Gasteiger partial charge in [-0.15, -0.1) is 0 Å². The second kappa shape index (κ2) is 7.88. The first-order valence-corrected chi connectivity index (χ1v) is 6.46. The van der Waals surface area contributed by atoms with Crippen LogP contribution >= 0.6 is 0 Å². The molecule has 3 unspecified atom stereocenters. The van der Waals surface area contributed by atoms with E-state index in [1.54, 1.807) is 0 Å². The molecule has 5 atom stereocenters. The number of Topliss-reactive ketones (excluding diaryl/α,β-unsaturated/α-hetero) is 1. The fourth-order valence-electron chi connectivity index (χ4n) is 1.93. The van der Waals surface area contributed by atoms with Crippen LogP contribution in [0.2, 0.25) is 0 Å². The number of unbranched alkanes of at least 4 members (excludes halogenated alkanes) is 1. The van der Waals surface area contributed by atoms with Crippen LogP contribution < -0.4 is 5.73 Å². The molecule has 5 N–H and O–H groups in total. The lowest BCUT2D eigenvalue weighted by molar-refractivity contribution is -0.265. The maximum absolute atomic E-state index is 10.7. The first-order chi connectivity index (χ1) is 8.97. The Balaban J connectivity index is 2.33. The molecule has 0 spiro atoms. The standard InChI is InChI=1S/C12H23NO6/c1-7(15)4-2-3-5-18-12-9(13)11(17)10(16)8(6-14)19-12/h8-12,14,16-17H,2-6,13H2,1H3/t8?,9?,10?,11-,12+/m0/s1. The van der Waals surface area contributed by atoms with Crippen molar-refractivity contribution in [2.24, 2.45) is 5.73 Å². The van der Waals surface area contributed by atoms with Crippen LogP contribution in [0.5, 0.6) is 0 Å². The SMILES string of the molecule is CC(=O)CCCCO[C@@H]1OC(CO)C(O)[C@@H](O)C1N. The number of carbonyl (C=O) groups is 1. The van der Waals surface area contributed by atoms with Crippen molar-refractivity contribution >= 4 is 5.78 Å². The number of ether oxygens (including phenoxy) is 2. The fraction of sp³-hybridized carbons (Fsp3) is 0.917. The predicted molar refractivity (Wildman–Crippen MR) is 66.2 cm³/mol. The summed E-state index contributed by atoms with van der Waals surface area (Å²) in [7, 11) is 0. The largest absolute Gasteiger partial charge is 0.394 e. The van der Waals surface area contributed by atoms with Crippen molar-refractivity contribution in [1.82, 2.24) is 0 Å². The lowest BCUT2D eigenvalue weighted by Crippen LogP contribution is -2.62. The van der Waals surface area contributed by atoms with Gasteiger partial charge in [0.15, 0.2) is 6.29 Å². The third-order valence-corrected chi connectivity index (χ3v) is 3.13. The number of aliphatic hydroxyl groups is 3. The number of aliphatic hydroxyl groups excluding tert-OH is 3. The van der Waals surface area contributed by atoms with E-state index in [0.29, 0.717) is 25.9 Å². The molecule has 0 amide bonds. The van der Waals surface area contributed by atoms with Crippen molar-refractivity contribution in [3.05, 3.63) is 0 Å². The van der Waals surface area contributed by atoms with E-state index < -0.39 is 37.3 Å². The molecule has 7 nitrogen and oxygen atoms in total. The summed E-state index contributed by atoms with van der Waals surface area (Å²) in [6, 6.07) is -0.870. The average molecular weight is 277 g/mol. The molecule has 19 heavy (non-hydrogen) atoms. The topological polar surface area (TPSA) is 122 Å². The van der Waals surface area contributed by atoms with E-state index in [-0.39, 0.29) is 5.78 Å². The zero-order valence-electron chi connectivity index (χ0n) is 11.1. The lowest BCUT2D eigenvalue weighted by atomic mass is 9.98. The van der Waals surface area contributed by atoms with Gasteiger partial charge in [0.2, 0.25) is 0 Å². The van der Waals surface area contributed by atoms with Gasteiger partial charge in [0.05, 0.1) is 12.6 Å². The normalized spacial score (nSPS) is 35.3. The number of carbonyl (C=O) groups excluding carboxylic acids is 1. The molecule has 0 bridgehead atoms. The Labute approximate surface area is 112 Å². The van der Waals surface area contributed by atoms with E-state index in [1.165, 1.54) is 6.92 Å². The molecule has 1 rings (SSSR count). The molecule has 0 saturated carbocycles. The monoisotopic (exact) mass is 277 g/mol. The highest BCUT2D eigenvalue weighted by Crippen LogP contribution is 2.20. The van der Waals surface area contributed by atoms with E-state index in [9.17, 15) is 15.0 Å². The van der Waals surface area contributed by atoms with Crippen LogP contribution in [-0.2, 0) is 14.3 Å². The summed E-state index contributed by atoms with van der Waals surface area (Å²) < 4.78 is 10.7. The summed E-state index contributed by atoms with van der Waals surface area (Å²) in [6.07, 6.45) is -2.31. The molecule has 1 aliphatic heterocycles. The number of ketones is 1. The number of hydrogen-bond donors (Lipinski definition) is 4. The van der Waals surface area contributed by atoms with E-state index in [4.69, 9.17) is 20.3 Å². The Hall–Kier alpha value is -0.570. The maximum Gasteiger partial charge on any atom is 0.175 e. The van der Waals surface area contributed by atoms with Gasteiger partial charge in [-0.25, -0.2) is 0 Å². The van der Waals surface area contributed by atoms with E-state index >= 15 is 0 Å². The van der Waals surface area contributed by atoms with Gasteiger partial charge in [-0.3, -0.25) is 0 Å². The molecule has 0 aliphatic carbocycles. The van der Waals surface area contributed by atoms with Crippen LogP contribution in [0.3, 0.4) is 0 Å².